The number of esters is 2. The standard InChI is InChI=1S/C45H44N10O6/c1-5-60-42(58)37-22-36-25-47-53-45(55(36)27(37)3)51-39-21-31(11-6-9-26(39)2)41(57)49-33-13-7-10-29(19-33)17-18-61-43(59)38-23-35-24-46-52-44(54(35)28(38)4)50-34-14-8-12-30(20-34)40(56)48-32-15-16-32/h7-8,10,12-14,19-25,32,44,50,52H,5,9,15-18H2,1-4H3,(H,48,56)(H,49,57)(H,51,53). The van der Waals surface area contributed by atoms with Gasteiger partial charge in [0, 0.05) is 52.9 Å². The molecule has 4 heterocycles. The number of carbonyl (C=O) groups excluding carboxylic acids is 4. The molecule has 5 aromatic rings. The minimum atomic E-state index is -0.519. The Morgan fingerprint density at radius 1 is 0.918 bits per heavy atom. The monoisotopic (exact) mass is 820 g/mol. The number of anilines is 3. The van der Waals surface area contributed by atoms with Crippen LogP contribution in [-0.2, 0) is 20.7 Å². The van der Waals surface area contributed by atoms with E-state index in [0.717, 1.165) is 24.0 Å². The molecule has 1 atom stereocenters. The summed E-state index contributed by atoms with van der Waals surface area (Å²) in [5.41, 5.74) is 10.9. The Balaban J connectivity index is 0.890. The molecule has 0 saturated heterocycles. The Hall–Kier alpha value is -7.67. The van der Waals surface area contributed by atoms with Crippen molar-refractivity contribution in [3.8, 4) is 11.8 Å². The number of aromatic nitrogens is 4. The molecule has 2 aliphatic carbocycles. The van der Waals surface area contributed by atoms with E-state index >= 15 is 0 Å². The molecule has 8 rings (SSSR count). The Kier molecular flexibility index (Phi) is 11.4. The molecule has 1 unspecified atom stereocenters. The van der Waals surface area contributed by atoms with Gasteiger partial charge in [0.05, 0.1) is 53.5 Å². The molecule has 61 heavy (non-hydrogen) atoms. The van der Waals surface area contributed by atoms with Crippen molar-refractivity contribution in [2.45, 2.75) is 65.7 Å². The van der Waals surface area contributed by atoms with E-state index in [0.29, 0.717) is 75.2 Å². The average Bonchev–Trinajstić information content (AvgIpc) is 3.95. The highest BCUT2D eigenvalue weighted by atomic mass is 16.5. The van der Waals surface area contributed by atoms with Gasteiger partial charge in [-0.2, -0.15) is 10.2 Å². The third-order valence-electron chi connectivity index (χ3n) is 10.5. The first-order chi connectivity index (χ1) is 29.6. The molecule has 5 N–H and O–H groups in total. The maximum atomic E-state index is 13.6. The van der Waals surface area contributed by atoms with Crippen LogP contribution in [0.1, 0.15) is 93.1 Å². The van der Waals surface area contributed by atoms with Gasteiger partial charge in [-0.1, -0.05) is 30.0 Å². The highest BCUT2D eigenvalue weighted by molar-refractivity contribution is 6.07. The van der Waals surface area contributed by atoms with Crippen LogP contribution in [0.15, 0.2) is 94.9 Å². The van der Waals surface area contributed by atoms with Crippen LogP contribution in [0.4, 0.5) is 17.3 Å². The van der Waals surface area contributed by atoms with Crippen molar-refractivity contribution >= 4 is 52.8 Å². The maximum Gasteiger partial charge on any atom is 0.339 e. The van der Waals surface area contributed by atoms with Gasteiger partial charge in [-0.25, -0.2) is 9.59 Å². The lowest BCUT2D eigenvalue weighted by Crippen LogP contribution is -2.34. The van der Waals surface area contributed by atoms with Crippen molar-refractivity contribution in [2.24, 2.45) is 5.10 Å². The molecule has 3 aliphatic rings. The summed E-state index contributed by atoms with van der Waals surface area (Å²) in [4.78, 5) is 52.2. The molecule has 310 valence electrons. The first kappa shape index (κ1) is 40.1. The number of nitrogens with one attached hydrogen (secondary N) is 5. The SMILES string of the molecule is CCOC(=O)c1cc2cnnc(NC3=C(C)CC#CC(C(=O)Nc4cccc(CCOC(=O)c5cc6n(c5C)C(Nc5cccc(C(=O)NC7CC7)c5)NN=C6)c4)=C3)n2c1C. The van der Waals surface area contributed by atoms with Crippen molar-refractivity contribution in [1.29, 1.82) is 0 Å². The van der Waals surface area contributed by atoms with Crippen LogP contribution in [0.25, 0.3) is 5.52 Å². The number of fused-ring (bicyclic) bond motifs is 2. The molecule has 0 bridgehead atoms. The molecule has 1 saturated carbocycles. The third-order valence-corrected chi connectivity index (χ3v) is 10.5. The van der Waals surface area contributed by atoms with Gasteiger partial charge in [-0.15, -0.1) is 5.10 Å². The van der Waals surface area contributed by atoms with Crippen LogP contribution >= 0.6 is 0 Å². The minimum absolute atomic E-state index is 0.105. The largest absolute Gasteiger partial charge is 0.462 e. The van der Waals surface area contributed by atoms with Crippen LogP contribution in [0.2, 0.25) is 0 Å². The lowest BCUT2D eigenvalue weighted by Gasteiger charge is -2.27. The first-order valence-electron chi connectivity index (χ1n) is 20.0. The Morgan fingerprint density at radius 2 is 1.70 bits per heavy atom. The van der Waals surface area contributed by atoms with Crippen molar-refractivity contribution < 1.29 is 28.7 Å². The van der Waals surface area contributed by atoms with E-state index in [2.05, 4.69) is 53.8 Å². The maximum absolute atomic E-state index is 13.6. The normalized spacial score (nSPS) is 15.3. The number of benzene rings is 2. The van der Waals surface area contributed by atoms with Gasteiger partial charge in [0.15, 0.2) is 6.29 Å². The summed E-state index contributed by atoms with van der Waals surface area (Å²) in [5, 5.41) is 25.3. The van der Waals surface area contributed by atoms with Crippen molar-refractivity contribution in [1.82, 2.24) is 29.9 Å². The zero-order valence-corrected chi connectivity index (χ0v) is 34.1. The van der Waals surface area contributed by atoms with E-state index in [9.17, 15) is 19.2 Å². The quantitative estimate of drug-likeness (QED) is 0.0674. The van der Waals surface area contributed by atoms with Gasteiger partial charge in [0.1, 0.15) is 0 Å². The molecule has 1 aliphatic heterocycles. The van der Waals surface area contributed by atoms with Gasteiger partial charge < -0.3 is 35.3 Å². The summed E-state index contributed by atoms with van der Waals surface area (Å²) in [6, 6.07) is 18.3. The van der Waals surface area contributed by atoms with Crippen LogP contribution in [0, 0.1) is 25.7 Å². The van der Waals surface area contributed by atoms with E-state index in [1.165, 1.54) is 0 Å². The number of hydrogen-bond donors (Lipinski definition) is 5. The number of amides is 2. The van der Waals surface area contributed by atoms with Crippen LogP contribution < -0.4 is 26.7 Å². The van der Waals surface area contributed by atoms with E-state index in [1.54, 1.807) is 67.1 Å². The number of hydrogen-bond acceptors (Lipinski definition) is 12. The highest BCUT2D eigenvalue weighted by Gasteiger charge is 2.27. The predicted octanol–water partition coefficient (Wildman–Crippen LogP) is 5.78. The molecular formula is C45H44N10O6. The number of hydrazone groups is 1. The highest BCUT2D eigenvalue weighted by Crippen LogP contribution is 2.27. The second-order valence-electron chi connectivity index (χ2n) is 14.9. The molecule has 0 radical (unpaired) electrons. The van der Waals surface area contributed by atoms with E-state index in [-0.39, 0.29) is 30.7 Å². The summed E-state index contributed by atoms with van der Waals surface area (Å²) >= 11 is 0. The molecule has 0 spiro atoms. The summed E-state index contributed by atoms with van der Waals surface area (Å²) < 4.78 is 14.7. The predicted molar refractivity (Wildman–Crippen MR) is 229 cm³/mol. The average molecular weight is 821 g/mol. The van der Waals surface area contributed by atoms with E-state index in [1.807, 2.05) is 48.7 Å². The topological polar surface area (TPSA) is 194 Å². The number of nitrogens with zero attached hydrogens (tertiary/aromatic N) is 5. The molecular weight excluding hydrogens is 777 g/mol. The summed E-state index contributed by atoms with van der Waals surface area (Å²) in [6.45, 7) is 7.66. The smallest absolute Gasteiger partial charge is 0.339 e. The number of allylic oxidation sites excluding steroid dienone is 2. The lowest BCUT2D eigenvalue weighted by molar-refractivity contribution is -0.112. The fourth-order valence-corrected chi connectivity index (χ4v) is 7.12. The second kappa shape index (κ2) is 17.3. The van der Waals surface area contributed by atoms with Gasteiger partial charge in [0.25, 0.3) is 11.8 Å². The Morgan fingerprint density at radius 3 is 2.52 bits per heavy atom. The summed E-state index contributed by atoms with van der Waals surface area (Å²) in [6.07, 6.45) is 7.18. The summed E-state index contributed by atoms with van der Waals surface area (Å²) in [7, 11) is 0. The molecule has 16 nitrogen and oxygen atoms in total. The Labute approximate surface area is 351 Å². The first-order valence-corrected chi connectivity index (χ1v) is 20.0. The fourth-order valence-electron chi connectivity index (χ4n) is 7.12. The molecule has 1 fully saturated rings. The van der Waals surface area contributed by atoms with Gasteiger partial charge in [-0.05, 0) is 100 Å². The second-order valence-corrected chi connectivity index (χ2v) is 14.9. The molecule has 2 amide bonds. The minimum Gasteiger partial charge on any atom is -0.462 e. The van der Waals surface area contributed by atoms with Crippen LogP contribution in [-0.4, -0.2) is 68.4 Å². The fraction of sp³-hybridized carbons (Fsp3) is 0.267. The number of ether oxygens (including phenoxy) is 2. The van der Waals surface area contributed by atoms with Crippen molar-refractivity contribution in [3.63, 3.8) is 0 Å². The number of aryl methyl sites for hydroxylation is 1. The molecule has 3 aromatic heterocycles. The van der Waals surface area contributed by atoms with E-state index in [4.69, 9.17) is 9.47 Å². The van der Waals surface area contributed by atoms with Gasteiger partial charge in [0.2, 0.25) is 5.95 Å². The van der Waals surface area contributed by atoms with Crippen molar-refractivity contribution in [3.05, 3.63) is 129 Å². The van der Waals surface area contributed by atoms with Gasteiger partial charge in [-0.3, -0.25) is 19.4 Å². The van der Waals surface area contributed by atoms with E-state index < -0.39 is 24.1 Å². The zero-order valence-electron chi connectivity index (χ0n) is 34.1. The Bertz CT molecular complexity index is 2750. The lowest BCUT2D eigenvalue weighted by atomic mass is 10.1. The summed E-state index contributed by atoms with van der Waals surface area (Å²) in [5.74, 6) is 4.98. The number of carbonyl (C=O) groups is 4. The third kappa shape index (κ3) is 8.86. The van der Waals surface area contributed by atoms with Gasteiger partial charge >= 0.3 is 11.9 Å². The number of rotatable bonds is 14. The molecule has 16 heteroatoms. The van der Waals surface area contributed by atoms with Crippen molar-refractivity contribution in [2.75, 3.05) is 29.2 Å². The zero-order chi connectivity index (χ0) is 42.6. The van der Waals surface area contributed by atoms with Crippen LogP contribution in [0.5, 0.6) is 0 Å². The molecule has 2 aromatic carbocycles. The van der Waals surface area contributed by atoms with Crippen LogP contribution in [0.3, 0.4) is 0 Å².